The number of halogens is 1. The molecule has 0 bridgehead atoms. The summed E-state index contributed by atoms with van der Waals surface area (Å²) in [4.78, 5) is 16.4. The van der Waals surface area contributed by atoms with E-state index in [4.69, 9.17) is 4.98 Å². The molecule has 4 heteroatoms. The maximum absolute atomic E-state index is 11.6. The van der Waals surface area contributed by atoms with E-state index in [9.17, 15) is 9.90 Å². The number of benzene rings is 1. The van der Waals surface area contributed by atoms with Crippen LogP contribution in [-0.4, -0.2) is 16.1 Å². The third-order valence-electron chi connectivity index (χ3n) is 3.67. The molecular weight excluding hydrogens is 354 g/mol. The molecule has 1 N–H and O–H groups in total. The summed E-state index contributed by atoms with van der Waals surface area (Å²) in [6.45, 7) is 8.25. The Morgan fingerprint density at radius 3 is 2.26 bits per heavy atom. The van der Waals surface area contributed by atoms with Crippen LogP contribution in [0.4, 0.5) is 0 Å². The van der Waals surface area contributed by atoms with E-state index in [2.05, 4.69) is 29.8 Å². The summed E-state index contributed by atoms with van der Waals surface area (Å²) in [6, 6.07) is 9.69. The first-order valence-corrected chi connectivity index (χ1v) is 8.62. The molecule has 0 saturated heterocycles. The molecule has 2 rings (SSSR count). The molecule has 0 amide bonds. The lowest BCUT2D eigenvalue weighted by Crippen LogP contribution is -2.11. The van der Waals surface area contributed by atoms with Crippen molar-refractivity contribution in [3.05, 3.63) is 51.8 Å². The number of aromatic carboxylic acids is 1. The maximum Gasteiger partial charge on any atom is 0.337 e. The Labute approximate surface area is 145 Å². The second-order valence-electron chi connectivity index (χ2n) is 6.48. The first-order chi connectivity index (χ1) is 10.8. The minimum atomic E-state index is -0.921. The first kappa shape index (κ1) is 17.7. The molecule has 23 heavy (non-hydrogen) atoms. The van der Waals surface area contributed by atoms with Gasteiger partial charge < -0.3 is 5.11 Å². The molecule has 3 nitrogen and oxygen atoms in total. The van der Waals surface area contributed by atoms with E-state index < -0.39 is 5.97 Å². The molecule has 0 spiro atoms. The van der Waals surface area contributed by atoms with Gasteiger partial charge in [0.2, 0.25) is 0 Å². The van der Waals surface area contributed by atoms with E-state index in [-0.39, 0.29) is 5.92 Å². The lowest BCUT2D eigenvalue weighted by Gasteiger charge is -2.17. The topological polar surface area (TPSA) is 50.2 Å². The first-order valence-electron chi connectivity index (χ1n) is 7.82. The molecule has 0 aliphatic rings. The molecule has 0 aliphatic heterocycles. The van der Waals surface area contributed by atoms with Gasteiger partial charge in [0.05, 0.1) is 11.3 Å². The summed E-state index contributed by atoms with van der Waals surface area (Å²) in [5.41, 5.74) is 3.83. The molecule has 0 radical (unpaired) electrons. The number of hydrogen-bond donors (Lipinski definition) is 1. The van der Waals surface area contributed by atoms with Crippen LogP contribution in [0.1, 0.15) is 55.4 Å². The minimum Gasteiger partial charge on any atom is -0.478 e. The third kappa shape index (κ3) is 4.20. The third-order valence-corrected chi connectivity index (χ3v) is 4.19. The van der Waals surface area contributed by atoms with Crippen molar-refractivity contribution in [2.75, 3.05) is 0 Å². The zero-order valence-electron chi connectivity index (χ0n) is 13.9. The van der Waals surface area contributed by atoms with Crippen LogP contribution in [0.3, 0.4) is 0 Å². The van der Waals surface area contributed by atoms with Gasteiger partial charge in [0.15, 0.2) is 0 Å². The van der Waals surface area contributed by atoms with Crippen molar-refractivity contribution in [1.82, 2.24) is 4.98 Å². The number of rotatable bonds is 5. The lowest BCUT2D eigenvalue weighted by atomic mass is 9.93. The maximum atomic E-state index is 11.6. The number of pyridine rings is 1. The summed E-state index contributed by atoms with van der Waals surface area (Å²) in [6.07, 6.45) is 0.824. The monoisotopic (exact) mass is 375 g/mol. The molecule has 0 aliphatic carbocycles. The van der Waals surface area contributed by atoms with Gasteiger partial charge in [0.1, 0.15) is 0 Å². The van der Waals surface area contributed by atoms with Gasteiger partial charge >= 0.3 is 5.97 Å². The Morgan fingerprint density at radius 1 is 1.17 bits per heavy atom. The van der Waals surface area contributed by atoms with Crippen molar-refractivity contribution >= 4 is 21.9 Å². The number of carboxylic acid groups (broad SMARTS) is 1. The van der Waals surface area contributed by atoms with E-state index in [0.717, 1.165) is 27.7 Å². The Balaban J connectivity index is 2.68. The summed E-state index contributed by atoms with van der Waals surface area (Å²) >= 11 is 3.44. The van der Waals surface area contributed by atoms with Crippen LogP contribution in [-0.2, 0) is 6.42 Å². The van der Waals surface area contributed by atoms with Crippen LogP contribution in [0.2, 0.25) is 0 Å². The van der Waals surface area contributed by atoms with Gasteiger partial charge in [-0.05, 0) is 42.0 Å². The summed E-state index contributed by atoms with van der Waals surface area (Å²) in [5.74, 6) is -0.394. The highest BCUT2D eigenvalue weighted by atomic mass is 79.9. The van der Waals surface area contributed by atoms with Gasteiger partial charge in [-0.15, -0.1) is 0 Å². The Hall–Kier alpha value is -1.68. The highest BCUT2D eigenvalue weighted by Gasteiger charge is 2.20. The molecule has 2 aromatic rings. The smallest absolute Gasteiger partial charge is 0.337 e. The normalized spacial score (nSPS) is 11.3. The van der Waals surface area contributed by atoms with Gasteiger partial charge in [0, 0.05) is 15.7 Å². The number of hydrogen-bond acceptors (Lipinski definition) is 2. The van der Waals surface area contributed by atoms with Crippen LogP contribution in [0, 0.1) is 5.92 Å². The predicted molar refractivity (Wildman–Crippen MR) is 97.0 cm³/mol. The average Bonchev–Trinajstić information content (AvgIpc) is 2.47. The molecule has 0 atom stereocenters. The largest absolute Gasteiger partial charge is 0.478 e. The van der Waals surface area contributed by atoms with Gasteiger partial charge in [-0.25, -0.2) is 4.79 Å². The number of nitrogens with zero attached hydrogens (tertiary/aromatic N) is 1. The molecule has 122 valence electrons. The van der Waals surface area contributed by atoms with Gasteiger partial charge in [0.25, 0.3) is 0 Å². The van der Waals surface area contributed by atoms with Crippen LogP contribution < -0.4 is 0 Å². The Bertz CT molecular complexity index is 706. The summed E-state index contributed by atoms with van der Waals surface area (Å²) in [7, 11) is 0. The van der Waals surface area contributed by atoms with E-state index in [1.807, 2.05) is 38.1 Å². The van der Waals surface area contributed by atoms with Crippen LogP contribution in [0.25, 0.3) is 11.1 Å². The fraction of sp³-hybridized carbons (Fsp3) is 0.368. The number of carbonyl (C=O) groups is 1. The Kier molecular flexibility index (Phi) is 5.58. The van der Waals surface area contributed by atoms with Gasteiger partial charge in [-0.1, -0.05) is 55.8 Å². The highest BCUT2D eigenvalue weighted by Crippen LogP contribution is 2.30. The summed E-state index contributed by atoms with van der Waals surface area (Å²) < 4.78 is 0.997. The summed E-state index contributed by atoms with van der Waals surface area (Å²) in [5, 5.41) is 9.56. The van der Waals surface area contributed by atoms with Crippen molar-refractivity contribution in [2.45, 2.75) is 40.0 Å². The van der Waals surface area contributed by atoms with Gasteiger partial charge in [-0.2, -0.15) is 0 Å². The predicted octanol–water partition coefficient (Wildman–Crippen LogP) is 5.53. The van der Waals surface area contributed by atoms with Crippen molar-refractivity contribution in [1.29, 1.82) is 0 Å². The number of aromatic nitrogens is 1. The average molecular weight is 376 g/mol. The van der Waals surface area contributed by atoms with E-state index >= 15 is 0 Å². The van der Waals surface area contributed by atoms with E-state index in [1.54, 1.807) is 6.07 Å². The second kappa shape index (κ2) is 7.26. The quantitative estimate of drug-likeness (QED) is 0.746. The molecule has 0 saturated carbocycles. The van der Waals surface area contributed by atoms with Crippen molar-refractivity contribution in [3.63, 3.8) is 0 Å². The lowest BCUT2D eigenvalue weighted by molar-refractivity contribution is 0.0694. The van der Waals surface area contributed by atoms with Crippen LogP contribution >= 0.6 is 15.9 Å². The van der Waals surface area contributed by atoms with E-state index in [1.165, 1.54) is 0 Å². The van der Waals surface area contributed by atoms with Crippen molar-refractivity contribution in [2.24, 2.45) is 5.92 Å². The minimum absolute atomic E-state index is 0.0750. The van der Waals surface area contributed by atoms with E-state index in [0.29, 0.717) is 17.2 Å². The highest BCUT2D eigenvalue weighted by molar-refractivity contribution is 9.10. The van der Waals surface area contributed by atoms with Crippen LogP contribution in [0.15, 0.2) is 34.8 Å². The van der Waals surface area contributed by atoms with Crippen molar-refractivity contribution in [3.8, 4) is 11.1 Å². The number of carboxylic acids is 1. The van der Waals surface area contributed by atoms with Crippen molar-refractivity contribution < 1.29 is 9.90 Å². The zero-order valence-corrected chi connectivity index (χ0v) is 15.5. The standard InChI is InChI=1S/C19H22BrNO2/c1-11(2)9-17-15(13-5-7-14(20)8-6-13)10-16(19(22)23)18(21-17)12(3)4/h5-8,10-12H,9H2,1-4H3,(H,22,23). The fourth-order valence-electron chi connectivity index (χ4n) is 2.60. The molecule has 1 aromatic carbocycles. The molecular formula is C19H22BrNO2. The molecule has 0 fully saturated rings. The SMILES string of the molecule is CC(C)Cc1nc(C(C)C)c(C(=O)O)cc1-c1ccc(Br)cc1. The fourth-order valence-corrected chi connectivity index (χ4v) is 2.86. The second-order valence-corrected chi connectivity index (χ2v) is 7.40. The molecule has 1 aromatic heterocycles. The molecule has 1 heterocycles. The molecule has 0 unspecified atom stereocenters. The zero-order chi connectivity index (χ0) is 17.1. The van der Waals surface area contributed by atoms with Gasteiger partial charge in [-0.3, -0.25) is 4.98 Å². The Morgan fingerprint density at radius 2 is 1.78 bits per heavy atom. The van der Waals surface area contributed by atoms with Crippen LogP contribution in [0.5, 0.6) is 0 Å².